The first-order valence-electron chi connectivity index (χ1n) is 5.87. The summed E-state index contributed by atoms with van der Waals surface area (Å²) in [5, 5.41) is 34.2. The zero-order chi connectivity index (χ0) is 17.1. The number of carbonyl (C=O) groups is 2. The van der Waals surface area contributed by atoms with Crippen molar-refractivity contribution < 1.29 is 24.9 Å². The minimum absolute atomic E-state index is 0.174. The number of hydrogen-bond donors (Lipinski definition) is 5. The molecule has 0 saturated heterocycles. The Hall–Kier alpha value is -3.76. The summed E-state index contributed by atoms with van der Waals surface area (Å²) in [5.41, 5.74) is -3.47. The van der Waals surface area contributed by atoms with Gasteiger partial charge >= 0.3 is 17.6 Å². The molecule has 0 radical (unpaired) electrons. The fraction of sp³-hybridized carbons (Fsp3) is 0. The first-order valence-corrected chi connectivity index (χ1v) is 5.87. The average molecular weight is 320 g/mol. The van der Waals surface area contributed by atoms with Crippen LogP contribution in [0.15, 0.2) is 38.0 Å². The van der Waals surface area contributed by atoms with Gasteiger partial charge in [-0.1, -0.05) is 0 Å². The second kappa shape index (κ2) is 5.93. The topological polar surface area (TPSA) is 185 Å². The van der Waals surface area contributed by atoms with E-state index in [0.29, 0.717) is 0 Å². The Morgan fingerprint density at radius 3 is 1.96 bits per heavy atom. The predicted octanol–water partition coefficient (Wildman–Crippen LogP) is 0.581. The molecule has 0 bridgehead atoms. The summed E-state index contributed by atoms with van der Waals surface area (Å²) < 4.78 is 0. The first-order chi connectivity index (χ1) is 10.8. The third-order valence-electron chi connectivity index (χ3n) is 2.58. The van der Waals surface area contributed by atoms with Crippen molar-refractivity contribution in [3.05, 3.63) is 50.2 Å². The first kappa shape index (κ1) is 15.6. The van der Waals surface area contributed by atoms with E-state index in [2.05, 4.69) is 10.2 Å². The second-order valence-corrected chi connectivity index (χ2v) is 4.18. The van der Waals surface area contributed by atoms with E-state index in [1.54, 1.807) is 4.98 Å². The number of rotatable bonds is 4. The van der Waals surface area contributed by atoms with Crippen LogP contribution in [0.3, 0.4) is 0 Å². The highest BCUT2D eigenvalue weighted by Crippen LogP contribution is 2.23. The van der Waals surface area contributed by atoms with Crippen molar-refractivity contribution in [2.24, 2.45) is 10.2 Å². The van der Waals surface area contributed by atoms with Crippen LogP contribution in [0.4, 0.5) is 11.4 Å². The maximum atomic E-state index is 11.5. The van der Waals surface area contributed by atoms with E-state index in [0.717, 1.165) is 18.2 Å². The largest absolute Gasteiger partial charge is 0.493 e. The van der Waals surface area contributed by atoms with Gasteiger partial charge in [0.05, 0.1) is 16.8 Å². The molecule has 118 valence electrons. The number of carboxylic acid groups (broad SMARTS) is 2. The molecule has 2 rings (SSSR count). The zero-order valence-electron chi connectivity index (χ0n) is 11.1. The van der Waals surface area contributed by atoms with Crippen molar-refractivity contribution in [2.75, 3.05) is 0 Å². The van der Waals surface area contributed by atoms with E-state index < -0.39 is 34.8 Å². The van der Waals surface area contributed by atoms with E-state index in [-0.39, 0.29) is 16.8 Å². The molecule has 0 saturated carbocycles. The Bertz CT molecular complexity index is 909. The number of nitrogens with one attached hydrogen (secondary N) is 2. The van der Waals surface area contributed by atoms with E-state index in [1.165, 1.54) is 0 Å². The van der Waals surface area contributed by atoms with Gasteiger partial charge in [-0.3, -0.25) is 14.8 Å². The van der Waals surface area contributed by atoms with Crippen molar-refractivity contribution in [1.29, 1.82) is 0 Å². The second-order valence-electron chi connectivity index (χ2n) is 4.18. The number of hydrogen-bond acceptors (Lipinski definition) is 7. The van der Waals surface area contributed by atoms with Gasteiger partial charge in [-0.05, 0) is 18.2 Å². The van der Waals surface area contributed by atoms with Gasteiger partial charge in [0.1, 0.15) is 0 Å². The Morgan fingerprint density at radius 2 is 1.48 bits per heavy atom. The lowest BCUT2D eigenvalue weighted by molar-refractivity contribution is 0.0696. The van der Waals surface area contributed by atoms with Crippen molar-refractivity contribution >= 4 is 23.3 Å². The molecule has 0 aliphatic carbocycles. The van der Waals surface area contributed by atoms with Crippen molar-refractivity contribution in [3.63, 3.8) is 0 Å². The summed E-state index contributed by atoms with van der Waals surface area (Å²) in [4.78, 5) is 47.9. The lowest BCUT2D eigenvalue weighted by Crippen LogP contribution is -2.20. The molecule has 0 atom stereocenters. The molecule has 0 aliphatic rings. The molecule has 2 aromatic rings. The van der Waals surface area contributed by atoms with Crippen LogP contribution in [0, 0.1) is 0 Å². The molecule has 0 spiro atoms. The number of H-pyrrole nitrogens is 2. The lowest BCUT2D eigenvalue weighted by Gasteiger charge is -2.00. The summed E-state index contributed by atoms with van der Waals surface area (Å²) in [6, 6.07) is 2.97. The highest BCUT2D eigenvalue weighted by molar-refractivity contribution is 5.95. The number of azo groups is 1. The number of aromatic hydroxyl groups is 1. The van der Waals surface area contributed by atoms with E-state index in [4.69, 9.17) is 10.2 Å². The van der Waals surface area contributed by atoms with E-state index in [1.807, 2.05) is 4.98 Å². The maximum absolute atomic E-state index is 11.5. The molecule has 0 fully saturated rings. The third-order valence-corrected chi connectivity index (χ3v) is 2.58. The fourth-order valence-corrected chi connectivity index (χ4v) is 1.58. The van der Waals surface area contributed by atoms with Gasteiger partial charge < -0.3 is 15.3 Å². The van der Waals surface area contributed by atoms with Gasteiger partial charge in [0.2, 0.25) is 11.6 Å². The van der Waals surface area contributed by atoms with Crippen LogP contribution in [0.25, 0.3) is 0 Å². The summed E-state index contributed by atoms with van der Waals surface area (Å²) in [6.07, 6.45) is 0. The minimum Gasteiger partial charge on any atom is -0.493 e. The highest BCUT2D eigenvalue weighted by Gasteiger charge is 2.12. The Kier molecular flexibility index (Phi) is 4.03. The number of aromatic amines is 2. The number of carboxylic acids is 2. The monoisotopic (exact) mass is 320 g/mol. The normalized spacial score (nSPS) is 10.8. The van der Waals surface area contributed by atoms with Crippen molar-refractivity contribution in [1.82, 2.24) is 9.97 Å². The molecule has 11 nitrogen and oxygen atoms in total. The molecule has 23 heavy (non-hydrogen) atoms. The Morgan fingerprint density at radius 1 is 0.913 bits per heavy atom. The van der Waals surface area contributed by atoms with Gasteiger partial charge in [0.25, 0.3) is 5.56 Å². The van der Waals surface area contributed by atoms with E-state index in [9.17, 15) is 24.3 Å². The number of nitrogens with zero attached hydrogens (tertiary/aromatic N) is 2. The van der Waals surface area contributed by atoms with Crippen LogP contribution >= 0.6 is 0 Å². The SMILES string of the molecule is O=C(O)c1cc(N=Nc2c(O)[nH]c(=O)[nH]c2=O)cc(C(=O)O)c1. The fourth-order valence-electron chi connectivity index (χ4n) is 1.58. The molecule has 0 aliphatic heterocycles. The lowest BCUT2D eigenvalue weighted by atomic mass is 10.1. The van der Waals surface area contributed by atoms with E-state index >= 15 is 0 Å². The van der Waals surface area contributed by atoms with Crippen molar-refractivity contribution in [3.8, 4) is 5.88 Å². The predicted molar refractivity (Wildman–Crippen MR) is 73.9 cm³/mol. The maximum Gasteiger partial charge on any atom is 0.335 e. The highest BCUT2D eigenvalue weighted by atomic mass is 16.4. The number of benzene rings is 1. The van der Waals surface area contributed by atoms with Crippen molar-refractivity contribution in [2.45, 2.75) is 0 Å². The number of aromatic carboxylic acids is 2. The van der Waals surface area contributed by atoms with Crippen LogP contribution in [0.5, 0.6) is 5.88 Å². The third kappa shape index (κ3) is 3.47. The summed E-state index contributed by atoms with van der Waals surface area (Å²) in [6.45, 7) is 0. The standard InChI is InChI=1S/C12H8N4O7/c17-8-7(9(18)14-12(23)13-8)16-15-6-2-4(10(19)20)1-5(3-6)11(21)22/h1-3H,(H,19,20)(H,21,22)(H3,13,14,17,18,23). The molecule has 5 N–H and O–H groups in total. The van der Waals surface area contributed by atoms with Crippen LogP contribution in [-0.2, 0) is 0 Å². The molecule has 1 aromatic carbocycles. The minimum atomic E-state index is -1.38. The van der Waals surface area contributed by atoms with Crippen LogP contribution in [0.1, 0.15) is 20.7 Å². The molecular weight excluding hydrogens is 312 g/mol. The van der Waals surface area contributed by atoms with Gasteiger partial charge in [-0.15, -0.1) is 5.11 Å². The Labute approximate surface area is 125 Å². The molecule has 0 unspecified atom stereocenters. The van der Waals surface area contributed by atoms with Crippen LogP contribution < -0.4 is 11.2 Å². The van der Waals surface area contributed by atoms with Crippen LogP contribution in [-0.4, -0.2) is 37.2 Å². The summed E-state index contributed by atoms with van der Waals surface area (Å²) in [7, 11) is 0. The number of aromatic nitrogens is 2. The molecule has 1 heterocycles. The van der Waals surface area contributed by atoms with Gasteiger partial charge in [-0.25, -0.2) is 14.4 Å². The molecule has 11 heteroatoms. The molecular formula is C12H8N4O7. The quantitative estimate of drug-likeness (QED) is 0.509. The average Bonchev–Trinajstić information content (AvgIpc) is 2.45. The molecule has 1 aromatic heterocycles. The zero-order valence-corrected chi connectivity index (χ0v) is 11.1. The van der Waals surface area contributed by atoms with Crippen LogP contribution in [0.2, 0.25) is 0 Å². The Balaban J connectivity index is 2.52. The van der Waals surface area contributed by atoms with Gasteiger partial charge in [-0.2, -0.15) is 5.11 Å². The van der Waals surface area contributed by atoms with Gasteiger partial charge in [0, 0.05) is 0 Å². The smallest absolute Gasteiger partial charge is 0.335 e. The summed E-state index contributed by atoms with van der Waals surface area (Å²) >= 11 is 0. The molecule has 0 amide bonds. The van der Waals surface area contributed by atoms with Gasteiger partial charge in [0.15, 0.2) is 0 Å². The summed E-state index contributed by atoms with van der Waals surface area (Å²) in [5.74, 6) is -3.60.